The Balaban J connectivity index is 0.000000245. The molecule has 92 valence electrons. The molecule has 2 rings (SSSR count). The fourth-order valence-corrected chi connectivity index (χ4v) is 2.61. The van der Waals surface area contributed by atoms with Crippen LogP contribution in [0.4, 0.5) is 0 Å². The van der Waals surface area contributed by atoms with E-state index in [1.165, 1.54) is 64.2 Å². The molecule has 2 fully saturated rings. The van der Waals surface area contributed by atoms with Crippen LogP contribution in [0.2, 0.25) is 0 Å². The van der Waals surface area contributed by atoms with Gasteiger partial charge in [0.2, 0.25) is 0 Å². The summed E-state index contributed by atoms with van der Waals surface area (Å²) in [5, 5.41) is 0. The topological polar surface area (TPSA) is 0 Å². The minimum Gasteiger partial charge on any atom is -0.0776 e. The van der Waals surface area contributed by atoms with Crippen LogP contribution in [0.3, 0.4) is 0 Å². The lowest BCUT2D eigenvalue weighted by Crippen LogP contribution is -1.99. The maximum Gasteiger partial charge on any atom is -0.0443 e. The van der Waals surface area contributed by atoms with E-state index in [4.69, 9.17) is 0 Å². The van der Waals surface area contributed by atoms with Gasteiger partial charge in [-0.1, -0.05) is 85.5 Å². The average Bonchev–Trinajstić information content (AvgIpc) is 2.21. The molecule has 0 heteroatoms. The first-order valence-corrected chi connectivity index (χ1v) is 6.79. The van der Waals surface area contributed by atoms with Gasteiger partial charge >= 0.3 is 0 Å². The van der Waals surface area contributed by atoms with E-state index in [-0.39, 0.29) is 7.43 Å². The summed E-state index contributed by atoms with van der Waals surface area (Å²) in [4.78, 5) is 0. The maximum atomic E-state index is 2.36. The van der Waals surface area contributed by atoms with Crippen molar-refractivity contribution in [1.29, 1.82) is 0 Å². The highest BCUT2D eigenvalue weighted by Gasteiger charge is 2.06. The molecule has 0 heterocycles. The van der Waals surface area contributed by atoms with Crippen LogP contribution < -0.4 is 0 Å². The fraction of sp³-hybridized carbons (Fsp3) is 1.00. The molecule has 0 unspecified atom stereocenters. The SMILES string of the molecule is C.CC1CCCCC1.CC1CCCCC1. The van der Waals surface area contributed by atoms with E-state index in [0.717, 1.165) is 11.8 Å². The minimum atomic E-state index is 0. The van der Waals surface area contributed by atoms with Gasteiger partial charge in [0.15, 0.2) is 0 Å². The van der Waals surface area contributed by atoms with Crippen molar-refractivity contribution in [1.82, 2.24) is 0 Å². The van der Waals surface area contributed by atoms with Gasteiger partial charge in [-0.15, -0.1) is 0 Å². The molecule has 0 aromatic rings. The Morgan fingerprint density at radius 1 is 0.533 bits per heavy atom. The quantitative estimate of drug-likeness (QED) is 0.475. The molecule has 2 aliphatic carbocycles. The normalized spacial score (nSPS) is 23.6. The Hall–Kier alpha value is 0. The third-order valence-corrected chi connectivity index (χ3v) is 3.79. The first kappa shape index (κ1) is 15.0. The zero-order valence-corrected chi connectivity index (χ0v) is 10.2. The van der Waals surface area contributed by atoms with E-state index >= 15 is 0 Å². The summed E-state index contributed by atoms with van der Waals surface area (Å²) >= 11 is 0. The number of rotatable bonds is 0. The molecule has 0 saturated heterocycles. The van der Waals surface area contributed by atoms with Crippen LogP contribution in [-0.2, 0) is 0 Å². The molecule has 0 aromatic carbocycles. The van der Waals surface area contributed by atoms with Gasteiger partial charge in [-0.25, -0.2) is 0 Å². The molecule has 0 aromatic heterocycles. The highest BCUT2D eigenvalue weighted by Crippen LogP contribution is 2.22. The van der Waals surface area contributed by atoms with Gasteiger partial charge in [0, 0.05) is 0 Å². The van der Waals surface area contributed by atoms with Crippen LogP contribution >= 0.6 is 0 Å². The van der Waals surface area contributed by atoms with E-state index in [2.05, 4.69) is 13.8 Å². The molecule has 0 bridgehead atoms. The summed E-state index contributed by atoms with van der Waals surface area (Å²) in [5.41, 5.74) is 0. The van der Waals surface area contributed by atoms with Gasteiger partial charge in [-0.3, -0.25) is 0 Å². The van der Waals surface area contributed by atoms with Crippen LogP contribution in [0.5, 0.6) is 0 Å². The number of hydrogen-bond donors (Lipinski definition) is 0. The third-order valence-electron chi connectivity index (χ3n) is 3.79. The van der Waals surface area contributed by atoms with Gasteiger partial charge in [0.1, 0.15) is 0 Å². The van der Waals surface area contributed by atoms with Crippen molar-refractivity contribution in [2.45, 2.75) is 85.5 Å². The van der Waals surface area contributed by atoms with Crippen molar-refractivity contribution in [3.63, 3.8) is 0 Å². The molecule has 2 saturated carbocycles. The lowest BCUT2D eigenvalue weighted by atomic mass is 9.91. The Morgan fingerprint density at radius 3 is 0.933 bits per heavy atom. The van der Waals surface area contributed by atoms with Crippen LogP contribution in [0, 0.1) is 11.8 Å². The molecular weight excluding hydrogens is 180 g/mol. The average molecular weight is 212 g/mol. The minimum absolute atomic E-state index is 0. The highest BCUT2D eigenvalue weighted by atomic mass is 14.1. The summed E-state index contributed by atoms with van der Waals surface area (Å²) in [6, 6.07) is 0. The second-order valence-corrected chi connectivity index (χ2v) is 5.49. The number of hydrogen-bond acceptors (Lipinski definition) is 0. The third kappa shape index (κ3) is 7.88. The maximum absolute atomic E-state index is 2.36. The lowest BCUT2D eigenvalue weighted by molar-refractivity contribution is 0.385. The molecule has 0 atom stereocenters. The van der Waals surface area contributed by atoms with E-state index in [1.807, 2.05) is 0 Å². The lowest BCUT2D eigenvalue weighted by Gasteiger charge is -2.15. The Kier molecular flexibility index (Phi) is 9.24. The Labute approximate surface area is 97.8 Å². The van der Waals surface area contributed by atoms with Gasteiger partial charge in [-0.05, 0) is 11.8 Å². The van der Waals surface area contributed by atoms with Crippen LogP contribution in [0.1, 0.15) is 85.5 Å². The van der Waals surface area contributed by atoms with E-state index in [9.17, 15) is 0 Å². The largest absolute Gasteiger partial charge is 0.0776 e. The van der Waals surface area contributed by atoms with Crippen molar-refractivity contribution in [2.24, 2.45) is 11.8 Å². The molecule has 2 aliphatic rings. The monoisotopic (exact) mass is 212 g/mol. The van der Waals surface area contributed by atoms with Gasteiger partial charge in [0.05, 0.1) is 0 Å². The molecular formula is C15H32. The summed E-state index contributed by atoms with van der Waals surface area (Å²) < 4.78 is 0. The zero-order chi connectivity index (χ0) is 10.2. The molecule has 0 N–H and O–H groups in total. The molecule has 0 spiro atoms. The summed E-state index contributed by atoms with van der Waals surface area (Å²) in [7, 11) is 0. The first-order valence-electron chi connectivity index (χ1n) is 6.79. The summed E-state index contributed by atoms with van der Waals surface area (Å²) in [6.45, 7) is 4.72. The summed E-state index contributed by atoms with van der Waals surface area (Å²) in [6.07, 6.45) is 14.9. The molecule has 0 nitrogen and oxygen atoms in total. The van der Waals surface area contributed by atoms with Gasteiger partial charge in [0.25, 0.3) is 0 Å². The zero-order valence-electron chi connectivity index (χ0n) is 10.2. The van der Waals surface area contributed by atoms with Crippen molar-refractivity contribution < 1.29 is 0 Å². The molecule has 0 aliphatic heterocycles. The first-order chi connectivity index (χ1) is 6.79. The van der Waals surface area contributed by atoms with E-state index in [1.54, 1.807) is 0 Å². The van der Waals surface area contributed by atoms with E-state index < -0.39 is 0 Å². The van der Waals surface area contributed by atoms with Crippen molar-refractivity contribution in [3.05, 3.63) is 0 Å². The van der Waals surface area contributed by atoms with Crippen LogP contribution in [0.15, 0.2) is 0 Å². The molecule has 15 heavy (non-hydrogen) atoms. The van der Waals surface area contributed by atoms with Crippen molar-refractivity contribution in [2.75, 3.05) is 0 Å². The van der Waals surface area contributed by atoms with Gasteiger partial charge < -0.3 is 0 Å². The van der Waals surface area contributed by atoms with Crippen molar-refractivity contribution >= 4 is 0 Å². The highest BCUT2D eigenvalue weighted by molar-refractivity contribution is 4.60. The van der Waals surface area contributed by atoms with Gasteiger partial charge in [-0.2, -0.15) is 0 Å². The second kappa shape index (κ2) is 9.24. The van der Waals surface area contributed by atoms with E-state index in [0.29, 0.717) is 0 Å². The fourth-order valence-electron chi connectivity index (χ4n) is 2.61. The smallest absolute Gasteiger partial charge is 0.0443 e. The summed E-state index contributed by atoms with van der Waals surface area (Å²) in [5.74, 6) is 2.07. The molecule has 0 radical (unpaired) electrons. The standard InChI is InChI=1S/2C7H14.CH4/c2*1-7-5-3-2-4-6-7;/h2*7H,2-6H2,1H3;1H4. The van der Waals surface area contributed by atoms with Crippen molar-refractivity contribution in [3.8, 4) is 0 Å². The Morgan fingerprint density at radius 2 is 0.800 bits per heavy atom. The predicted octanol–water partition coefficient (Wildman–Crippen LogP) is 5.81. The van der Waals surface area contributed by atoms with Crippen LogP contribution in [0.25, 0.3) is 0 Å². The van der Waals surface area contributed by atoms with Crippen LogP contribution in [-0.4, -0.2) is 0 Å². The molecule has 0 amide bonds. The predicted molar refractivity (Wildman–Crippen MR) is 71.2 cm³/mol. The Bertz CT molecular complexity index is 100. The second-order valence-electron chi connectivity index (χ2n) is 5.49.